The molecule has 2 heterocycles. The Morgan fingerprint density at radius 1 is 1.09 bits per heavy atom. The van der Waals surface area contributed by atoms with Gasteiger partial charge < -0.3 is 5.32 Å². The Morgan fingerprint density at radius 3 is 2.59 bits per heavy atom. The van der Waals surface area contributed by atoms with Crippen LogP contribution in [-0.2, 0) is 12.6 Å². The second-order valence-electron chi connectivity index (χ2n) is 5.67. The molecule has 0 spiro atoms. The van der Waals surface area contributed by atoms with Gasteiger partial charge in [-0.25, -0.2) is 0 Å². The quantitative estimate of drug-likeness (QED) is 0.936. The normalized spacial score (nSPS) is 22.0. The summed E-state index contributed by atoms with van der Waals surface area (Å²) in [5.74, 6) is 0.580. The van der Waals surface area contributed by atoms with Crippen molar-refractivity contribution in [3.05, 3.63) is 65.5 Å². The van der Waals surface area contributed by atoms with E-state index < -0.39 is 11.7 Å². The predicted molar refractivity (Wildman–Crippen MR) is 78.5 cm³/mol. The molecule has 2 atom stereocenters. The van der Waals surface area contributed by atoms with Crippen molar-refractivity contribution in [2.24, 2.45) is 5.92 Å². The standard InChI is InChI=1S/C17H17F3N2/c18-17(19,20)14-6-7-22-15(9-14)8-13-10-21-11-16(13)12-4-2-1-3-5-12/h1-7,9,13,16,21H,8,10-11H2. The van der Waals surface area contributed by atoms with Crippen LogP contribution in [0, 0.1) is 5.92 Å². The van der Waals surface area contributed by atoms with Crippen LogP contribution in [0.25, 0.3) is 0 Å². The zero-order valence-corrected chi connectivity index (χ0v) is 12.0. The number of hydrogen-bond acceptors (Lipinski definition) is 2. The van der Waals surface area contributed by atoms with Gasteiger partial charge in [0, 0.05) is 24.4 Å². The lowest BCUT2D eigenvalue weighted by Crippen LogP contribution is -2.15. The molecule has 3 rings (SSSR count). The van der Waals surface area contributed by atoms with Crippen molar-refractivity contribution in [3.63, 3.8) is 0 Å². The first-order valence-electron chi connectivity index (χ1n) is 7.32. The second kappa shape index (κ2) is 6.08. The lowest BCUT2D eigenvalue weighted by atomic mass is 9.86. The van der Waals surface area contributed by atoms with Crippen molar-refractivity contribution in [2.75, 3.05) is 13.1 Å². The SMILES string of the molecule is FC(F)(F)c1ccnc(CC2CNCC2c2ccccc2)c1. The third-order valence-electron chi connectivity index (χ3n) is 4.18. The van der Waals surface area contributed by atoms with Crippen molar-refractivity contribution >= 4 is 0 Å². The smallest absolute Gasteiger partial charge is 0.316 e. The van der Waals surface area contributed by atoms with Crippen LogP contribution in [0.5, 0.6) is 0 Å². The first-order valence-corrected chi connectivity index (χ1v) is 7.32. The number of nitrogens with one attached hydrogen (secondary N) is 1. The Labute approximate surface area is 127 Å². The highest BCUT2D eigenvalue weighted by Gasteiger charge is 2.32. The molecule has 116 valence electrons. The Bertz CT molecular complexity index is 625. The minimum atomic E-state index is -4.32. The van der Waals surface area contributed by atoms with Gasteiger partial charge in [0.15, 0.2) is 0 Å². The Hall–Kier alpha value is -1.88. The molecule has 1 aromatic carbocycles. The van der Waals surface area contributed by atoms with E-state index in [1.54, 1.807) is 0 Å². The maximum atomic E-state index is 12.8. The summed E-state index contributed by atoms with van der Waals surface area (Å²) in [6.07, 6.45) is -2.51. The largest absolute Gasteiger partial charge is 0.416 e. The van der Waals surface area contributed by atoms with E-state index in [1.165, 1.54) is 17.8 Å². The van der Waals surface area contributed by atoms with Gasteiger partial charge in [0.25, 0.3) is 0 Å². The lowest BCUT2D eigenvalue weighted by molar-refractivity contribution is -0.137. The number of benzene rings is 1. The highest BCUT2D eigenvalue weighted by molar-refractivity contribution is 5.24. The molecule has 22 heavy (non-hydrogen) atoms. The highest BCUT2D eigenvalue weighted by Crippen LogP contribution is 2.32. The average Bonchev–Trinajstić information content (AvgIpc) is 2.96. The number of pyridine rings is 1. The van der Waals surface area contributed by atoms with Crippen LogP contribution in [0.4, 0.5) is 13.2 Å². The zero-order chi connectivity index (χ0) is 15.6. The summed E-state index contributed by atoms with van der Waals surface area (Å²) in [7, 11) is 0. The maximum Gasteiger partial charge on any atom is 0.416 e. The van der Waals surface area contributed by atoms with Crippen LogP contribution in [0.3, 0.4) is 0 Å². The number of hydrogen-bond donors (Lipinski definition) is 1. The number of rotatable bonds is 3. The molecule has 0 amide bonds. The molecular weight excluding hydrogens is 289 g/mol. The summed E-state index contributed by atoms with van der Waals surface area (Å²) in [4.78, 5) is 4.12. The van der Waals surface area contributed by atoms with Crippen LogP contribution >= 0.6 is 0 Å². The molecule has 0 radical (unpaired) electrons. The summed E-state index contributed by atoms with van der Waals surface area (Å²) in [5, 5.41) is 3.34. The monoisotopic (exact) mass is 306 g/mol. The summed E-state index contributed by atoms with van der Waals surface area (Å²) >= 11 is 0. The molecule has 1 aliphatic heterocycles. The Morgan fingerprint density at radius 2 is 1.86 bits per heavy atom. The molecule has 0 saturated carbocycles. The van der Waals surface area contributed by atoms with Crippen molar-refractivity contribution in [1.82, 2.24) is 10.3 Å². The second-order valence-corrected chi connectivity index (χ2v) is 5.67. The van der Waals surface area contributed by atoms with E-state index in [2.05, 4.69) is 22.4 Å². The molecule has 1 fully saturated rings. The van der Waals surface area contributed by atoms with Crippen molar-refractivity contribution < 1.29 is 13.2 Å². The molecule has 1 aromatic heterocycles. The van der Waals surface area contributed by atoms with E-state index in [0.717, 1.165) is 19.2 Å². The lowest BCUT2D eigenvalue weighted by Gasteiger charge is -2.19. The molecule has 1 N–H and O–H groups in total. The summed E-state index contributed by atoms with van der Waals surface area (Å²) in [5.41, 5.74) is 1.11. The van der Waals surface area contributed by atoms with Gasteiger partial charge in [0.1, 0.15) is 0 Å². The van der Waals surface area contributed by atoms with Gasteiger partial charge in [-0.2, -0.15) is 13.2 Å². The molecular formula is C17H17F3N2. The maximum absolute atomic E-state index is 12.8. The molecule has 5 heteroatoms. The minimum Gasteiger partial charge on any atom is -0.316 e. The molecule has 2 aromatic rings. The summed E-state index contributed by atoms with van der Waals surface area (Å²) in [6, 6.07) is 12.3. The number of alkyl halides is 3. The van der Waals surface area contributed by atoms with E-state index in [9.17, 15) is 13.2 Å². The number of aromatic nitrogens is 1. The zero-order valence-electron chi connectivity index (χ0n) is 12.0. The van der Waals surface area contributed by atoms with Gasteiger partial charge in [0.2, 0.25) is 0 Å². The van der Waals surface area contributed by atoms with E-state index >= 15 is 0 Å². The molecule has 0 aliphatic carbocycles. The van der Waals surface area contributed by atoms with Crippen molar-refractivity contribution in [1.29, 1.82) is 0 Å². The molecule has 1 aliphatic rings. The fourth-order valence-corrected chi connectivity index (χ4v) is 3.07. The Kier molecular flexibility index (Phi) is 4.16. The third kappa shape index (κ3) is 3.30. The molecule has 2 unspecified atom stereocenters. The van der Waals surface area contributed by atoms with Crippen LogP contribution in [0.15, 0.2) is 48.7 Å². The van der Waals surface area contributed by atoms with Gasteiger partial charge in [-0.15, -0.1) is 0 Å². The number of nitrogens with zero attached hydrogens (tertiary/aromatic N) is 1. The van der Waals surface area contributed by atoms with E-state index in [-0.39, 0.29) is 5.92 Å². The van der Waals surface area contributed by atoms with Crippen LogP contribution in [0.2, 0.25) is 0 Å². The van der Waals surface area contributed by atoms with Crippen molar-refractivity contribution in [2.45, 2.75) is 18.5 Å². The topological polar surface area (TPSA) is 24.9 Å². The molecule has 0 bridgehead atoms. The Balaban J connectivity index is 1.78. The highest BCUT2D eigenvalue weighted by atomic mass is 19.4. The van der Waals surface area contributed by atoms with E-state index in [4.69, 9.17) is 0 Å². The average molecular weight is 306 g/mol. The predicted octanol–water partition coefficient (Wildman–Crippen LogP) is 3.65. The third-order valence-corrected chi connectivity index (χ3v) is 4.18. The first kappa shape index (κ1) is 15.0. The van der Waals surface area contributed by atoms with Crippen LogP contribution in [0.1, 0.15) is 22.7 Å². The van der Waals surface area contributed by atoms with Gasteiger partial charge in [-0.05, 0) is 36.6 Å². The molecule has 2 nitrogen and oxygen atoms in total. The van der Waals surface area contributed by atoms with Gasteiger partial charge >= 0.3 is 6.18 Å². The fourth-order valence-electron chi connectivity index (χ4n) is 3.07. The van der Waals surface area contributed by atoms with Gasteiger partial charge in [0.05, 0.1) is 5.56 Å². The fraction of sp³-hybridized carbons (Fsp3) is 0.353. The van der Waals surface area contributed by atoms with E-state index in [1.807, 2.05) is 18.2 Å². The van der Waals surface area contributed by atoms with E-state index in [0.29, 0.717) is 18.0 Å². The number of halogens is 3. The summed E-state index contributed by atoms with van der Waals surface area (Å²) in [6.45, 7) is 1.66. The first-order chi connectivity index (χ1) is 10.5. The molecule has 1 saturated heterocycles. The van der Waals surface area contributed by atoms with Gasteiger partial charge in [-0.3, -0.25) is 4.98 Å². The summed E-state index contributed by atoms with van der Waals surface area (Å²) < 4.78 is 38.3. The van der Waals surface area contributed by atoms with Crippen LogP contribution in [-0.4, -0.2) is 18.1 Å². The van der Waals surface area contributed by atoms with Crippen LogP contribution < -0.4 is 5.32 Å². The van der Waals surface area contributed by atoms with Crippen molar-refractivity contribution in [3.8, 4) is 0 Å². The van der Waals surface area contributed by atoms with Gasteiger partial charge in [-0.1, -0.05) is 30.3 Å². The minimum absolute atomic E-state index is 0.262.